The van der Waals surface area contributed by atoms with Gasteiger partial charge < -0.3 is 14.4 Å². The molecule has 0 N–H and O–H groups in total. The van der Waals surface area contributed by atoms with Crippen LogP contribution in [0.25, 0.3) is 0 Å². The van der Waals surface area contributed by atoms with E-state index in [1.165, 1.54) is 0 Å². The standard InChI is InChI=1S/C13H24N2O2/c1-14-10-12(15(2)3)11-4-6-13(7-5-11)16-8-9-17-13/h10-12H,4-9H2,1-3H3. The largest absolute Gasteiger partial charge is 0.348 e. The molecule has 0 amide bonds. The fourth-order valence-electron chi connectivity index (χ4n) is 3.04. The average Bonchev–Trinajstić information content (AvgIpc) is 2.76. The molecule has 4 heteroatoms. The summed E-state index contributed by atoms with van der Waals surface area (Å²) in [6.45, 7) is 1.52. The Kier molecular flexibility index (Phi) is 4.17. The van der Waals surface area contributed by atoms with Gasteiger partial charge in [-0.2, -0.15) is 0 Å². The highest BCUT2D eigenvalue weighted by Crippen LogP contribution is 2.39. The zero-order chi connectivity index (χ0) is 12.3. The molecular formula is C13H24N2O2. The highest BCUT2D eigenvalue weighted by Gasteiger charge is 2.41. The maximum Gasteiger partial charge on any atom is 0.168 e. The molecule has 2 aliphatic rings. The Morgan fingerprint density at radius 2 is 1.82 bits per heavy atom. The highest BCUT2D eigenvalue weighted by molar-refractivity contribution is 5.64. The van der Waals surface area contributed by atoms with Gasteiger partial charge in [0.05, 0.1) is 13.2 Å². The molecule has 2 rings (SSSR count). The highest BCUT2D eigenvalue weighted by atomic mass is 16.7. The van der Waals surface area contributed by atoms with E-state index in [-0.39, 0.29) is 5.79 Å². The van der Waals surface area contributed by atoms with Gasteiger partial charge in [0.25, 0.3) is 0 Å². The first-order valence-electron chi connectivity index (χ1n) is 6.53. The summed E-state index contributed by atoms with van der Waals surface area (Å²) in [5, 5.41) is 0. The van der Waals surface area contributed by atoms with Gasteiger partial charge in [-0.25, -0.2) is 0 Å². The molecule has 17 heavy (non-hydrogen) atoms. The molecule has 1 aliphatic heterocycles. The second kappa shape index (κ2) is 5.46. The van der Waals surface area contributed by atoms with Gasteiger partial charge in [-0.3, -0.25) is 4.99 Å². The molecular weight excluding hydrogens is 216 g/mol. The predicted molar refractivity (Wildman–Crippen MR) is 68.5 cm³/mol. The number of hydrogen-bond donors (Lipinski definition) is 0. The topological polar surface area (TPSA) is 34.1 Å². The molecule has 0 bridgehead atoms. The summed E-state index contributed by atoms with van der Waals surface area (Å²) in [7, 11) is 6.10. The summed E-state index contributed by atoms with van der Waals surface area (Å²) in [4.78, 5) is 6.45. The molecule has 1 aliphatic carbocycles. The molecule has 1 saturated heterocycles. The van der Waals surface area contributed by atoms with Crippen LogP contribution in [0.15, 0.2) is 4.99 Å². The Morgan fingerprint density at radius 3 is 2.29 bits per heavy atom. The molecule has 1 spiro atoms. The second-order valence-electron chi connectivity index (χ2n) is 5.31. The molecule has 1 heterocycles. The maximum atomic E-state index is 5.76. The molecule has 1 saturated carbocycles. The van der Waals surface area contributed by atoms with Crippen LogP contribution in [0.3, 0.4) is 0 Å². The van der Waals surface area contributed by atoms with Crippen LogP contribution < -0.4 is 0 Å². The zero-order valence-electron chi connectivity index (χ0n) is 11.2. The quantitative estimate of drug-likeness (QED) is 0.702. The fourth-order valence-corrected chi connectivity index (χ4v) is 3.04. The first kappa shape index (κ1) is 13.0. The molecule has 4 nitrogen and oxygen atoms in total. The van der Waals surface area contributed by atoms with Crippen LogP contribution in [0.5, 0.6) is 0 Å². The van der Waals surface area contributed by atoms with E-state index >= 15 is 0 Å². The number of nitrogens with zero attached hydrogens (tertiary/aromatic N) is 2. The zero-order valence-corrected chi connectivity index (χ0v) is 11.2. The van der Waals surface area contributed by atoms with Crippen LogP contribution in [0.1, 0.15) is 25.7 Å². The number of hydrogen-bond acceptors (Lipinski definition) is 4. The summed E-state index contributed by atoms with van der Waals surface area (Å²) in [6.07, 6.45) is 6.45. The third-order valence-electron chi connectivity index (χ3n) is 3.99. The van der Waals surface area contributed by atoms with E-state index in [1.54, 1.807) is 0 Å². The Morgan fingerprint density at radius 1 is 1.24 bits per heavy atom. The molecule has 0 aromatic carbocycles. The Bertz CT molecular complexity index is 263. The summed E-state index contributed by atoms with van der Waals surface area (Å²) >= 11 is 0. The minimum Gasteiger partial charge on any atom is -0.348 e. The van der Waals surface area contributed by atoms with Crippen molar-refractivity contribution in [1.82, 2.24) is 4.90 Å². The van der Waals surface area contributed by atoms with Crippen LogP contribution in [-0.4, -0.2) is 57.3 Å². The van der Waals surface area contributed by atoms with Crippen molar-refractivity contribution in [2.24, 2.45) is 10.9 Å². The lowest BCUT2D eigenvalue weighted by atomic mass is 9.80. The van der Waals surface area contributed by atoms with Gasteiger partial charge in [0, 0.05) is 32.1 Å². The Labute approximate surface area is 104 Å². The number of ether oxygens (including phenoxy) is 2. The third-order valence-corrected chi connectivity index (χ3v) is 3.99. The molecule has 98 valence electrons. The predicted octanol–water partition coefficient (Wildman–Crippen LogP) is 1.55. The van der Waals surface area contributed by atoms with E-state index in [9.17, 15) is 0 Å². The monoisotopic (exact) mass is 240 g/mol. The van der Waals surface area contributed by atoms with Gasteiger partial charge in [0.1, 0.15) is 0 Å². The third kappa shape index (κ3) is 2.87. The van der Waals surface area contributed by atoms with Gasteiger partial charge in [0.15, 0.2) is 5.79 Å². The van der Waals surface area contributed by atoms with Crippen molar-refractivity contribution in [2.45, 2.75) is 37.5 Å². The van der Waals surface area contributed by atoms with E-state index in [1.807, 2.05) is 7.05 Å². The molecule has 1 unspecified atom stereocenters. The molecule has 0 aromatic rings. The average molecular weight is 240 g/mol. The number of rotatable bonds is 3. The smallest absolute Gasteiger partial charge is 0.168 e. The van der Waals surface area contributed by atoms with Crippen molar-refractivity contribution in [3.8, 4) is 0 Å². The van der Waals surface area contributed by atoms with E-state index in [0.717, 1.165) is 38.9 Å². The first-order valence-corrected chi connectivity index (χ1v) is 6.53. The van der Waals surface area contributed by atoms with Gasteiger partial charge in [-0.05, 0) is 32.9 Å². The summed E-state index contributed by atoms with van der Waals surface area (Å²) in [5.74, 6) is 0.434. The lowest BCUT2D eigenvalue weighted by molar-refractivity contribution is -0.183. The van der Waals surface area contributed by atoms with Crippen LogP contribution >= 0.6 is 0 Å². The summed E-state index contributed by atoms with van der Waals surface area (Å²) in [6, 6.07) is 0.443. The van der Waals surface area contributed by atoms with Gasteiger partial charge >= 0.3 is 0 Å². The van der Waals surface area contributed by atoms with Gasteiger partial charge in [0.2, 0.25) is 0 Å². The van der Waals surface area contributed by atoms with E-state index < -0.39 is 0 Å². The number of aliphatic imine (C=N–C) groups is 1. The molecule has 2 fully saturated rings. The van der Waals surface area contributed by atoms with Crippen molar-refractivity contribution >= 4 is 6.21 Å². The second-order valence-corrected chi connectivity index (χ2v) is 5.31. The van der Waals surface area contributed by atoms with Crippen LogP contribution in [0, 0.1) is 5.92 Å². The molecule has 1 atom stereocenters. The Balaban J connectivity index is 1.92. The lowest BCUT2D eigenvalue weighted by Gasteiger charge is -2.39. The normalized spacial score (nSPS) is 27.3. The Hall–Kier alpha value is -0.450. The van der Waals surface area contributed by atoms with Crippen LogP contribution in [0.2, 0.25) is 0 Å². The summed E-state index contributed by atoms with van der Waals surface area (Å²) < 4.78 is 11.5. The van der Waals surface area contributed by atoms with E-state index in [0.29, 0.717) is 12.0 Å². The van der Waals surface area contributed by atoms with Crippen molar-refractivity contribution < 1.29 is 9.47 Å². The van der Waals surface area contributed by atoms with Crippen LogP contribution in [-0.2, 0) is 9.47 Å². The summed E-state index contributed by atoms with van der Waals surface area (Å²) in [5.41, 5.74) is 0. The van der Waals surface area contributed by atoms with Gasteiger partial charge in [-0.1, -0.05) is 0 Å². The molecule has 0 radical (unpaired) electrons. The van der Waals surface area contributed by atoms with Crippen molar-refractivity contribution in [2.75, 3.05) is 34.4 Å². The van der Waals surface area contributed by atoms with Crippen molar-refractivity contribution in [3.05, 3.63) is 0 Å². The first-order chi connectivity index (χ1) is 8.17. The van der Waals surface area contributed by atoms with Crippen LogP contribution in [0.4, 0.5) is 0 Å². The molecule has 0 aromatic heterocycles. The van der Waals surface area contributed by atoms with Crippen molar-refractivity contribution in [3.63, 3.8) is 0 Å². The van der Waals surface area contributed by atoms with Crippen molar-refractivity contribution in [1.29, 1.82) is 0 Å². The van der Waals surface area contributed by atoms with E-state index in [2.05, 4.69) is 30.2 Å². The van der Waals surface area contributed by atoms with Gasteiger partial charge in [-0.15, -0.1) is 0 Å². The van der Waals surface area contributed by atoms with E-state index in [4.69, 9.17) is 9.47 Å². The fraction of sp³-hybridized carbons (Fsp3) is 0.923. The lowest BCUT2D eigenvalue weighted by Crippen LogP contribution is -2.43. The minimum absolute atomic E-state index is 0.239. The minimum atomic E-state index is -0.239. The maximum absolute atomic E-state index is 5.76. The SMILES string of the molecule is CN=CC(C1CCC2(CC1)OCCO2)N(C)C.